The van der Waals surface area contributed by atoms with Gasteiger partial charge in [-0.05, 0) is 37.7 Å². The minimum atomic E-state index is 0.767. The fourth-order valence-electron chi connectivity index (χ4n) is 2.19. The molecule has 0 fully saturated rings. The van der Waals surface area contributed by atoms with Crippen molar-refractivity contribution in [2.75, 3.05) is 25.5 Å². The van der Waals surface area contributed by atoms with Crippen LogP contribution in [0.4, 0.5) is 5.69 Å². The Hall–Kier alpha value is -1.51. The van der Waals surface area contributed by atoms with E-state index in [1.165, 1.54) is 11.1 Å². The molecule has 0 unspecified atom stereocenters. The quantitative estimate of drug-likeness (QED) is 0.857. The Labute approximate surface area is 126 Å². The maximum Gasteiger partial charge on any atom is 0.0426 e. The number of nitrogens with zero attached hydrogens (tertiary/aromatic N) is 1. The Morgan fingerprint density at radius 1 is 1.10 bits per heavy atom. The highest BCUT2D eigenvalue weighted by Crippen LogP contribution is 2.14. The molecule has 0 aliphatic carbocycles. The van der Waals surface area contributed by atoms with Gasteiger partial charge in [0.1, 0.15) is 0 Å². The minimum absolute atomic E-state index is 0.767. The van der Waals surface area contributed by atoms with E-state index in [0.717, 1.165) is 30.3 Å². The van der Waals surface area contributed by atoms with Crippen LogP contribution < -0.4 is 5.32 Å². The monoisotopic (exact) mass is 288 g/mol. The summed E-state index contributed by atoms with van der Waals surface area (Å²) in [4.78, 5) is 2.31. The Bertz CT molecular complexity index is 554. The number of rotatable bonds is 6. The van der Waals surface area contributed by atoms with E-state index in [1.807, 2.05) is 24.3 Å². The molecule has 0 heterocycles. The number of likely N-dealkylation sites (N-methyl/N-ethyl adjacent to an activating group) is 1. The van der Waals surface area contributed by atoms with Gasteiger partial charge in [0, 0.05) is 30.3 Å². The van der Waals surface area contributed by atoms with Gasteiger partial charge >= 0.3 is 0 Å². The van der Waals surface area contributed by atoms with Crippen LogP contribution in [0, 0.1) is 6.92 Å². The van der Waals surface area contributed by atoms with E-state index in [9.17, 15) is 0 Å². The van der Waals surface area contributed by atoms with Crippen molar-refractivity contribution < 1.29 is 0 Å². The lowest BCUT2D eigenvalue weighted by molar-refractivity contribution is 0.340. The van der Waals surface area contributed by atoms with Crippen LogP contribution in [0.3, 0.4) is 0 Å². The number of halogens is 1. The maximum absolute atomic E-state index is 5.96. The Morgan fingerprint density at radius 3 is 2.65 bits per heavy atom. The Kier molecular flexibility index (Phi) is 5.45. The summed E-state index contributed by atoms with van der Waals surface area (Å²) < 4.78 is 0. The van der Waals surface area contributed by atoms with Gasteiger partial charge in [0.05, 0.1) is 0 Å². The van der Waals surface area contributed by atoms with Gasteiger partial charge in [-0.15, -0.1) is 0 Å². The Morgan fingerprint density at radius 2 is 1.90 bits per heavy atom. The zero-order valence-electron chi connectivity index (χ0n) is 12.1. The summed E-state index contributed by atoms with van der Waals surface area (Å²) in [5.74, 6) is 0. The van der Waals surface area contributed by atoms with Crippen molar-refractivity contribution in [1.82, 2.24) is 4.90 Å². The lowest BCUT2D eigenvalue weighted by Crippen LogP contribution is -2.24. The van der Waals surface area contributed by atoms with Gasteiger partial charge in [-0.25, -0.2) is 0 Å². The molecule has 0 bridgehead atoms. The van der Waals surface area contributed by atoms with Crippen molar-refractivity contribution in [1.29, 1.82) is 0 Å². The predicted molar refractivity (Wildman–Crippen MR) is 87.5 cm³/mol. The molecule has 0 aliphatic heterocycles. The number of hydrogen-bond acceptors (Lipinski definition) is 2. The van der Waals surface area contributed by atoms with E-state index < -0.39 is 0 Å². The Balaban J connectivity index is 1.76. The van der Waals surface area contributed by atoms with Crippen LogP contribution in [-0.2, 0) is 6.54 Å². The van der Waals surface area contributed by atoms with Crippen molar-refractivity contribution in [3.63, 3.8) is 0 Å². The lowest BCUT2D eigenvalue weighted by Gasteiger charge is -2.17. The summed E-state index contributed by atoms with van der Waals surface area (Å²) in [6, 6.07) is 16.5. The predicted octanol–water partition coefficient (Wildman–Crippen LogP) is 4.19. The molecule has 0 spiro atoms. The summed E-state index contributed by atoms with van der Waals surface area (Å²) in [5.41, 5.74) is 3.74. The van der Waals surface area contributed by atoms with Gasteiger partial charge in [-0.1, -0.05) is 47.5 Å². The highest BCUT2D eigenvalue weighted by Gasteiger charge is 2.01. The molecule has 0 aromatic heterocycles. The first kappa shape index (κ1) is 14.9. The van der Waals surface area contributed by atoms with Crippen molar-refractivity contribution in [2.24, 2.45) is 0 Å². The maximum atomic E-state index is 5.96. The molecular formula is C17H21ClN2. The molecule has 2 aromatic carbocycles. The van der Waals surface area contributed by atoms with Crippen molar-refractivity contribution in [3.05, 3.63) is 64.7 Å². The van der Waals surface area contributed by atoms with Crippen LogP contribution in [0.2, 0.25) is 5.02 Å². The van der Waals surface area contributed by atoms with Gasteiger partial charge in [0.25, 0.3) is 0 Å². The lowest BCUT2D eigenvalue weighted by atomic mass is 10.1. The molecule has 3 heteroatoms. The third-order valence-electron chi connectivity index (χ3n) is 3.18. The summed E-state index contributed by atoms with van der Waals surface area (Å²) in [5, 5.41) is 4.15. The number of anilines is 1. The number of nitrogens with one attached hydrogen (secondary N) is 1. The molecule has 0 radical (unpaired) electrons. The van der Waals surface area contributed by atoms with E-state index in [0.29, 0.717) is 0 Å². The first-order valence-corrected chi connectivity index (χ1v) is 7.25. The molecule has 0 saturated carbocycles. The largest absolute Gasteiger partial charge is 0.384 e. The highest BCUT2D eigenvalue weighted by atomic mass is 35.5. The second-order valence-electron chi connectivity index (χ2n) is 5.16. The molecule has 2 aromatic rings. The van der Waals surface area contributed by atoms with Crippen LogP contribution in [0.1, 0.15) is 11.1 Å². The van der Waals surface area contributed by atoms with Gasteiger partial charge in [0.2, 0.25) is 0 Å². The average molecular weight is 289 g/mol. The standard InChI is InChI=1S/C17H21ClN2/c1-14-5-3-6-15(11-14)13-20(2)10-9-19-17-8-4-7-16(18)12-17/h3-8,11-12,19H,9-10,13H2,1-2H3. The van der Waals surface area contributed by atoms with E-state index in [2.05, 4.69) is 48.5 Å². The molecule has 0 atom stereocenters. The van der Waals surface area contributed by atoms with E-state index in [1.54, 1.807) is 0 Å². The summed E-state index contributed by atoms with van der Waals surface area (Å²) >= 11 is 5.96. The molecule has 0 aliphatic rings. The van der Waals surface area contributed by atoms with Crippen LogP contribution >= 0.6 is 11.6 Å². The average Bonchev–Trinajstić information content (AvgIpc) is 2.38. The fraction of sp³-hybridized carbons (Fsp3) is 0.294. The van der Waals surface area contributed by atoms with Crippen LogP contribution in [0.15, 0.2) is 48.5 Å². The van der Waals surface area contributed by atoms with Crippen molar-refractivity contribution >= 4 is 17.3 Å². The smallest absolute Gasteiger partial charge is 0.0426 e. The number of hydrogen-bond donors (Lipinski definition) is 1. The normalized spacial score (nSPS) is 10.8. The molecule has 20 heavy (non-hydrogen) atoms. The topological polar surface area (TPSA) is 15.3 Å². The minimum Gasteiger partial charge on any atom is -0.384 e. The van der Waals surface area contributed by atoms with E-state index in [-0.39, 0.29) is 0 Å². The van der Waals surface area contributed by atoms with Gasteiger partial charge < -0.3 is 10.2 Å². The van der Waals surface area contributed by atoms with Crippen molar-refractivity contribution in [2.45, 2.75) is 13.5 Å². The zero-order chi connectivity index (χ0) is 14.4. The molecule has 0 amide bonds. The molecule has 2 nitrogen and oxygen atoms in total. The number of aryl methyl sites for hydroxylation is 1. The molecule has 2 rings (SSSR count). The second-order valence-corrected chi connectivity index (χ2v) is 5.60. The van der Waals surface area contributed by atoms with Crippen molar-refractivity contribution in [3.8, 4) is 0 Å². The highest BCUT2D eigenvalue weighted by molar-refractivity contribution is 6.30. The zero-order valence-corrected chi connectivity index (χ0v) is 12.8. The number of benzene rings is 2. The van der Waals surface area contributed by atoms with Gasteiger partial charge in [-0.3, -0.25) is 0 Å². The summed E-state index contributed by atoms with van der Waals surface area (Å²) in [6.07, 6.45) is 0. The van der Waals surface area contributed by atoms with E-state index in [4.69, 9.17) is 11.6 Å². The van der Waals surface area contributed by atoms with Crippen LogP contribution in [0.25, 0.3) is 0 Å². The first-order chi connectivity index (χ1) is 9.63. The van der Waals surface area contributed by atoms with Gasteiger partial charge in [0.15, 0.2) is 0 Å². The fourth-order valence-corrected chi connectivity index (χ4v) is 2.38. The SMILES string of the molecule is Cc1cccc(CN(C)CCNc2cccc(Cl)c2)c1. The van der Waals surface area contributed by atoms with E-state index >= 15 is 0 Å². The molecule has 106 valence electrons. The van der Waals surface area contributed by atoms with Crippen LogP contribution in [-0.4, -0.2) is 25.0 Å². The van der Waals surface area contributed by atoms with Crippen LogP contribution in [0.5, 0.6) is 0 Å². The van der Waals surface area contributed by atoms with Gasteiger partial charge in [-0.2, -0.15) is 0 Å². The first-order valence-electron chi connectivity index (χ1n) is 6.87. The molecule has 0 saturated heterocycles. The summed E-state index contributed by atoms with van der Waals surface area (Å²) in [7, 11) is 2.14. The third-order valence-corrected chi connectivity index (χ3v) is 3.42. The third kappa shape index (κ3) is 4.87. The second kappa shape index (κ2) is 7.32. The molecule has 1 N–H and O–H groups in total. The summed E-state index contributed by atoms with van der Waals surface area (Å²) in [6.45, 7) is 4.99. The molecular weight excluding hydrogens is 268 g/mol.